The lowest BCUT2D eigenvalue weighted by atomic mass is 10.2. The van der Waals surface area contributed by atoms with Gasteiger partial charge in [-0.1, -0.05) is 0 Å². The van der Waals surface area contributed by atoms with E-state index in [0.717, 1.165) is 18.8 Å². The zero-order valence-electron chi connectivity index (χ0n) is 15.3. The summed E-state index contributed by atoms with van der Waals surface area (Å²) < 4.78 is 33.2. The van der Waals surface area contributed by atoms with E-state index in [-0.39, 0.29) is 16.9 Å². The van der Waals surface area contributed by atoms with Crippen molar-refractivity contribution < 1.29 is 17.9 Å². The molecule has 0 spiro atoms. The van der Waals surface area contributed by atoms with Crippen LogP contribution in [0.3, 0.4) is 0 Å². The Hall–Kier alpha value is -2.58. The molecule has 1 atom stereocenters. The van der Waals surface area contributed by atoms with Gasteiger partial charge in [0.05, 0.1) is 17.6 Å². The number of morpholine rings is 1. The fourth-order valence-electron chi connectivity index (χ4n) is 2.93. The fourth-order valence-corrected chi connectivity index (χ4v) is 3.99. The second-order valence-corrected chi connectivity index (χ2v) is 8.17. The van der Waals surface area contributed by atoms with Gasteiger partial charge in [-0.05, 0) is 55.5 Å². The minimum absolute atomic E-state index is 0.127. The van der Waals surface area contributed by atoms with Crippen LogP contribution in [0.1, 0.15) is 13.8 Å². The van der Waals surface area contributed by atoms with Gasteiger partial charge in [-0.2, -0.15) is 0 Å². The van der Waals surface area contributed by atoms with Crippen molar-refractivity contribution in [3.63, 3.8) is 0 Å². The monoisotopic (exact) mass is 389 g/mol. The van der Waals surface area contributed by atoms with Crippen LogP contribution in [0, 0.1) is 0 Å². The number of carbonyl (C=O) groups excluding carboxylic acids is 1. The molecule has 1 saturated heterocycles. The Morgan fingerprint density at radius 2 is 1.70 bits per heavy atom. The SMILES string of the molecule is CC(=O)Nc1ccc(S(=O)(=O)Nc2ccc(N3CCOC(C)C3)cc2)cc1. The second kappa shape index (κ2) is 7.98. The molecule has 1 aliphatic rings. The number of hydrogen-bond donors (Lipinski definition) is 2. The predicted octanol–water partition coefficient (Wildman–Crippen LogP) is 2.67. The van der Waals surface area contributed by atoms with Crippen molar-refractivity contribution in [2.75, 3.05) is 34.6 Å². The van der Waals surface area contributed by atoms with Crippen molar-refractivity contribution in [1.29, 1.82) is 0 Å². The summed E-state index contributed by atoms with van der Waals surface area (Å²) in [6.07, 6.45) is 0.178. The van der Waals surface area contributed by atoms with Gasteiger partial charge in [-0.15, -0.1) is 0 Å². The van der Waals surface area contributed by atoms with Crippen LogP contribution in [0.5, 0.6) is 0 Å². The summed E-state index contributed by atoms with van der Waals surface area (Å²) in [6, 6.07) is 13.3. The van der Waals surface area contributed by atoms with Crippen LogP contribution in [-0.2, 0) is 19.6 Å². The van der Waals surface area contributed by atoms with Crippen LogP contribution in [0.2, 0.25) is 0 Å². The molecule has 0 radical (unpaired) electrons. The molecule has 1 fully saturated rings. The highest BCUT2D eigenvalue weighted by Gasteiger charge is 2.18. The van der Waals surface area contributed by atoms with E-state index in [2.05, 4.69) is 14.9 Å². The van der Waals surface area contributed by atoms with Crippen LogP contribution in [0.4, 0.5) is 17.1 Å². The van der Waals surface area contributed by atoms with E-state index in [9.17, 15) is 13.2 Å². The van der Waals surface area contributed by atoms with Gasteiger partial charge >= 0.3 is 0 Å². The Morgan fingerprint density at radius 3 is 2.30 bits per heavy atom. The number of rotatable bonds is 5. The first kappa shape index (κ1) is 19.2. The van der Waals surface area contributed by atoms with Gasteiger partial charge in [-0.3, -0.25) is 9.52 Å². The van der Waals surface area contributed by atoms with Gasteiger partial charge in [0.15, 0.2) is 0 Å². The van der Waals surface area contributed by atoms with Gasteiger partial charge in [0.1, 0.15) is 0 Å². The number of ether oxygens (including phenoxy) is 1. The van der Waals surface area contributed by atoms with Gasteiger partial charge in [0, 0.05) is 37.1 Å². The van der Waals surface area contributed by atoms with E-state index in [0.29, 0.717) is 18.0 Å². The van der Waals surface area contributed by atoms with Crippen molar-refractivity contribution in [2.45, 2.75) is 24.8 Å². The lowest BCUT2D eigenvalue weighted by molar-refractivity contribution is -0.114. The van der Waals surface area contributed by atoms with Crippen molar-refractivity contribution in [2.24, 2.45) is 0 Å². The van der Waals surface area contributed by atoms with E-state index < -0.39 is 10.0 Å². The number of anilines is 3. The minimum Gasteiger partial charge on any atom is -0.375 e. The maximum Gasteiger partial charge on any atom is 0.261 e. The Morgan fingerprint density at radius 1 is 1.07 bits per heavy atom. The Bertz CT molecular complexity index is 896. The van der Waals surface area contributed by atoms with Gasteiger partial charge < -0.3 is 15.0 Å². The molecule has 1 heterocycles. The molecule has 0 aliphatic carbocycles. The zero-order valence-corrected chi connectivity index (χ0v) is 16.1. The standard InChI is InChI=1S/C19H23N3O4S/c1-14-13-22(11-12-26-14)18-7-3-17(4-8-18)21-27(24,25)19-9-5-16(6-10-19)20-15(2)23/h3-10,14,21H,11-13H2,1-2H3,(H,20,23). The molecule has 7 nitrogen and oxygen atoms in total. The van der Waals surface area contributed by atoms with Crippen molar-refractivity contribution in [1.82, 2.24) is 0 Å². The highest BCUT2D eigenvalue weighted by atomic mass is 32.2. The molecule has 3 rings (SSSR count). The molecule has 1 amide bonds. The van der Waals surface area contributed by atoms with E-state index >= 15 is 0 Å². The third-order valence-electron chi connectivity index (χ3n) is 4.21. The summed E-state index contributed by atoms with van der Waals surface area (Å²) in [5.74, 6) is -0.210. The average Bonchev–Trinajstić information content (AvgIpc) is 2.62. The number of amides is 1. The third-order valence-corrected chi connectivity index (χ3v) is 5.61. The van der Waals surface area contributed by atoms with Crippen LogP contribution in [0.25, 0.3) is 0 Å². The van der Waals surface area contributed by atoms with E-state index in [4.69, 9.17) is 4.74 Å². The highest BCUT2D eigenvalue weighted by molar-refractivity contribution is 7.92. The molecule has 1 aliphatic heterocycles. The third kappa shape index (κ3) is 4.99. The average molecular weight is 389 g/mol. The fraction of sp³-hybridized carbons (Fsp3) is 0.316. The normalized spacial score (nSPS) is 17.4. The molecule has 2 aromatic carbocycles. The molecule has 0 saturated carbocycles. The lowest BCUT2D eigenvalue weighted by Crippen LogP contribution is -2.41. The number of benzene rings is 2. The topological polar surface area (TPSA) is 87.7 Å². The van der Waals surface area contributed by atoms with Crippen molar-refractivity contribution >= 4 is 33.0 Å². The molecule has 0 bridgehead atoms. The quantitative estimate of drug-likeness (QED) is 0.821. The molecule has 2 aromatic rings. The van der Waals surface area contributed by atoms with Crippen LogP contribution >= 0.6 is 0 Å². The van der Waals surface area contributed by atoms with E-state index in [1.807, 2.05) is 19.1 Å². The number of nitrogens with zero attached hydrogens (tertiary/aromatic N) is 1. The zero-order chi connectivity index (χ0) is 19.4. The number of hydrogen-bond acceptors (Lipinski definition) is 5. The maximum atomic E-state index is 12.5. The smallest absolute Gasteiger partial charge is 0.261 e. The van der Waals surface area contributed by atoms with Crippen molar-refractivity contribution in [3.05, 3.63) is 48.5 Å². The van der Waals surface area contributed by atoms with Gasteiger partial charge in [0.2, 0.25) is 5.91 Å². The minimum atomic E-state index is -3.70. The largest absolute Gasteiger partial charge is 0.375 e. The van der Waals surface area contributed by atoms with Gasteiger partial charge in [-0.25, -0.2) is 8.42 Å². The molecule has 27 heavy (non-hydrogen) atoms. The Kier molecular flexibility index (Phi) is 5.67. The van der Waals surface area contributed by atoms with Crippen LogP contribution in [0.15, 0.2) is 53.4 Å². The Labute approximate surface area is 159 Å². The molecular formula is C19H23N3O4S. The number of carbonyl (C=O) groups is 1. The number of nitrogens with one attached hydrogen (secondary N) is 2. The summed E-state index contributed by atoms with van der Waals surface area (Å²) in [5, 5.41) is 2.61. The second-order valence-electron chi connectivity index (χ2n) is 6.49. The summed E-state index contributed by atoms with van der Waals surface area (Å²) in [4.78, 5) is 13.4. The highest BCUT2D eigenvalue weighted by Crippen LogP contribution is 2.23. The van der Waals surface area contributed by atoms with E-state index in [1.165, 1.54) is 19.1 Å². The van der Waals surface area contributed by atoms with Gasteiger partial charge in [0.25, 0.3) is 10.0 Å². The summed E-state index contributed by atoms with van der Waals surface area (Å²) in [7, 11) is -3.70. The summed E-state index contributed by atoms with van der Waals surface area (Å²) in [5.41, 5.74) is 2.07. The molecule has 1 unspecified atom stereocenters. The molecule has 8 heteroatoms. The summed E-state index contributed by atoms with van der Waals surface area (Å²) >= 11 is 0. The molecule has 144 valence electrons. The molecule has 2 N–H and O–H groups in total. The number of sulfonamides is 1. The van der Waals surface area contributed by atoms with Crippen molar-refractivity contribution in [3.8, 4) is 0 Å². The summed E-state index contributed by atoms with van der Waals surface area (Å²) in [6.45, 7) is 5.74. The first-order valence-electron chi connectivity index (χ1n) is 8.70. The molecular weight excluding hydrogens is 366 g/mol. The van der Waals surface area contributed by atoms with E-state index in [1.54, 1.807) is 24.3 Å². The van der Waals surface area contributed by atoms with Crippen LogP contribution < -0.4 is 14.9 Å². The maximum absolute atomic E-state index is 12.5. The first-order chi connectivity index (χ1) is 12.8. The Balaban J connectivity index is 1.69. The predicted molar refractivity (Wildman–Crippen MR) is 106 cm³/mol. The first-order valence-corrected chi connectivity index (χ1v) is 10.2. The van der Waals surface area contributed by atoms with Crippen LogP contribution in [-0.4, -0.2) is 40.1 Å². The lowest BCUT2D eigenvalue weighted by Gasteiger charge is -2.33. The molecule has 0 aromatic heterocycles.